The van der Waals surface area contributed by atoms with E-state index in [1.165, 1.54) is 113 Å². The van der Waals surface area contributed by atoms with E-state index in [9.17, 15) is 0 Å². The number of hydrogen-bond donors (Lipinski definition) is 0. The largest absolute Gasteiger partial charge is 0.298 e. The van der Waals surface area contributed by atoms with Gasteiger partial charge in [-0.2, -0.15) is 0 Å². The Hall–Kier alpha value is -7.08. The molecule has 0 aliphatic carbocycles. The first-order valence-corrected chi connectivity index (χ1v) is 23.7. The molecule has 0 aliphatic rings. The molecule has 10 heterocycles. The van der Waals surface area contributed by atoms with Gasteiger partial charge in [0.25, 0.3) is 0 Å². The van der Waals surface area contributed by atoms with Gasteiger partial charge in [-0.1, -0.05) is 60.7 Å². The van der Waals surface area contributed by atoms with Gasteiger partial charge in [-0.15, -0.1) is 45.3 Å². The van der Waals surface area contributed by atoms with Gasteiger partial charge in [0, 0.05) is 137 Å². The summed E-state index contributed by atoms with van der Waals surface area (Å²) in [6, 6.07) is 38.0. The van der Waals surface area contributed by atoms with Crippen LogP contribution < -0.4 is 0 Å². The Balaban J connectivity index is 1.06. The molecule has 0 unspecified atom stereocenters. The zero-order chi connectivity index (χ0) is 39.9. The van der Waals surface area contributed by atoms with Crippen molar-refractivity contribution in [2.24, 2.45) is 0 Å². The third-order valence-corrected chi connectivity index (χ3v) is 18.0. The maximum atomic E-state index is 5.57. The van der Waals surface area contributed by atoms with Crippen molar-refractivity contribution in [1.82, 2.24) is 28.7 Å². The summed E-state index contributed by atoms with van der Waals surface area (Å²) in [7, 11) is 0. The first kappa shape index (κ1) is 32.7. The van der Waals surface area contributed by atoms with Gasteiger partial charge in [-0.3, -0.25) is 18.8 Å². The lowest BCUT2D eigenvalue weighted by atomic mass is 9.98. The smallest absolute Gasteiger partial charge is 0.147 e. The van der Waals surface area contributed by atoms with Crippen LogP contribution in [0.2, 0.25) is 0 Å². The molecule has 0 N–H and O–H groups in total. The molecule has 0 radical (unpaired) electrons. The average molecular weight is 861 g/mol. The van der Waals surface area contributed by atoms with Crippen LogP contribution in [0.4, 0.5) is 0 Å². The topological polar surface area (TPSA) is 60.4 Å². The van der Waals surface area contributed by atoms with Gasteiger partial charge < -0.3 is 0 Å². The number of benzene rings is 6. The second-order valence-corrected chi connectivity index (χ2v) is 20.4. The van der Waals surface area contributed by atoms with Crippen molar-refractivity contribution >= 4 is 181 Å². The summed E-state index contributed by atoms with van der Waals surface area (Å²) in [5.41, 5.74) is 6.28. The Kier molecular flexibility index (Phi) is 6.02. The lowest BCUT2D eigenvalue weighted by molar-refractivity contribution is 1.27. The summed E-state index contributed by atoms with van der Waals surface area (Å²) in [6.07, 6.45) is 14.1. The van der Waals surface area contributed by atoms with Gasteiger partial charge in [-0.05, 0) is 53.2 Å². The van der Waals surface area contributed by atoms with E-state index in [0.717, 1.165) is 33.3 Å². The van der Waals surface area contributed by atoms with Crippen molar-refractivity contribution in [2.45, 2.75) is 0 Å². The highest BCUT2D eigenvalue weighted by Crippen LogP contribution is 2.53. The molecule has 0 fully saturated rings. The second-order valence-electron chi connectivity index (χ2n) is 16.2. The Morgan fingerprint density at radius 3 is 1.71 bits per heavy atom. The number of aromatic nitrogens is 6. The molecule has 16 aromatic rings. The molecular weight excluding hydrogens is 837 g/mol. The third-order valence-electron chi connectivity index (χ3n) is 13.1. The zero-order valence-corrected chi connectivity index (χ0v) is 35.4. The van der Waals surface area contributed by atoms with Crippen LogP contribution in [-0.2, 0) is 0 Å². The highest BCUT2D eigenvalue weighted by Gasteiger charge is 2.26. The standard InChI is InChI=1S/C52H24N6S4/c1-4-10-35-28(7-1)41-40-26-15-17-53-22-32(26)51-55-19-20-57(51)46(40)48-44(47(41)59-35)31-21-25(13-14-38(31)60-48)34-24-58-45-39(27-16-18-54-23-33(27)52(58)56-34)42-29-8-2-5-11-36(29)61-49(42)50-43(45)30-9-3-6-12-37(30)62-50/h1-24H. The van der Waals surface area contributed by atoms with E-state index in [0.29, 0.717) is 0 Å². The van der Waals surface area contributed by atoms with Crippen molar-refractivity contribution in [3.63, 3.8) is 0 Å². The van der Waals surface area contributed by atoms with E-state index >= 15 is 0 Å². The Bertz CT molecular complexity index is 4710. The van der Waals surface area contributed by atoms with E-state index < -0.39 is 0 Å². The molecule has 286 valence electrons. The Morgan fingerprint density at radius 1 is 0.403 bits per heavy atom. The maximum Gasteiger partial charge on any atom is 0.147 e. The Morgan fingerprint density at radius 2 is 0.984 bits per heavy atom. The van der Waals surface area contributed by atoms with Crippen LogP contribution >= 0.6 is 45.3 Å². The normalized spacial score (nSPS) is 12.8. The summed E-state index contributed by atoms with van der Waals surface area (Å²) in [4.78, 5) is 19.7. The van der Waals surface area contributed by atoms with E-state index in [2.05, 4.69) is 129 Å². The van der Waals surface area contributed by atoms with Crippen molar-refractivity contribution in [3.8, 4) is 11.3 Å². The summed E-state index contributed by atoms with van der Waals surface area (Å²) < 4.78 is 15.1. The molecule has 0 bridgehead atoms. The molecule has 0 atom stereocenters. The fraction of sp³-hybridized carbons (Fsp3) is 0. The van der Waals surface area contributed by atoms with Crippen molar-refractivity contribution < 1.29 is 0 Å². The number of pyridine rings is 4. The molecule has 0 saturated carbocycles. The van der Waals surface area contributed by atoms with Gasteiger partial charge in [0.2, 0.25) is 0 Å². The molecule has 62 heavy (non-hydrogen) atoms. The fourth-order valence-electron chi connectivity index (χ4n) is 10.6. The monoisotopic (exact) mass is 860 g/mol. The predicted molar refractivity (Wildman–Crippen MR) is 267 cm³/mol. The number of fused-ring (bicyclic) bond motifs is 30. The first-order chi connectivity index (χ1) is 30.8. The summed E-state index contributed by atoms with van der Waals surface area (Å²) in [6.45, 7) is 0. The van der Waals surface area contributed by atoms with Gasteiger partial charge in [0.15, 0.2) is 0 Å². The minimum Gasteiger partial charge on any atom is -0.298 e. The van der Waals surface area contributed by atoms with E-state index in [1.807, 2.05) is 76.3 Å². The number of imidazole rings is 2. The van der Waals surface area contributed by atoms with Crippen LogP contribution in [0.5, 0.6) is 0 Å². The second kappa shape index (κ2) is 11.4. The van der Waals surface area contributed by atoms with Gasteiger partial charge in [-0.25, -0.2) is 9.97 Å². The molecular formula is C52H24N6S4. The number of rotatable bonds is 1. The molecule has 10 heteroatoms. The quantitative estimate of drug-likeness (QED) is 0.154. The Labute approximate surface area is 364 Å². The number of nitrogens with zero attached hydrogens (tertiary/aromatic N) is 6. The minimum atomic E-state index is 0.920. The molecule has 10 aromatic heterocycles. The first-order valence-electron chi connectivity index (χ1n) is 20.4. The number of hydrogen-bond acceptors (Lipinski definition) is 8. The highest BCUT2D eigenvalue weighted by molar-refractivity contribution is 7.34. The van der Waals surface area contributed by atoms with E-state index in [-0.39, 0.29) is 0 Å². The van der Waals surface area contributed by atoms with Crippen molar-refractivity contribution in [3.05, 3.63) is 147 Å². The summed E-state index contributed by atoms with van der Waals surface area (Å²) >= 11 is 7.58. The van der Waals surface area contributed by atoms with Crippen LogP contribution in [0, 0.1) is 0 Å². The van der Waals surface area contributed by atoms with Crippen molar-refractivity contribution in [2.75, 3.05) is 0 Å². The lowest BCUT2D eigenvalue weighted by Gasteiger charge is -2.12. The van der Waals surface area contributed by atoms with Crippen LogP contribution in [0.25, 0.3) is 147 Å². The van der Waals surface area contributed by atoms with Crippen LogP contribution in [0.1, 0.15) is 0 Å². The fourth-order valence-corrected chi connectivity index (χ4v) is 15.8. The van der Waals surface area contributed by atoms with Crippen LogP contribution in [-0.4, -0.2) is 28.7 Å². The summed E-state index contributed by atoms with van der Waals surface area (Å²) in [5.74, 6) is 0. The SMILES string of the molecule is c1ccc2c(c1)sc1c3c4cc(-c5cn6c(n5)c5cnccc5c5c7c8ccccc8sc7c7sc8ccccc8c7c56)ccc4sc3c3c(c4ccncc4c4nccn43)c21. The van der Waals surface area contributed by atoms with Gasteiger partial charge in [0.1, 0.15) is 11.3 Å². The average Bonchev–Trinajstić information content (AvgIpc) is 4.18. The van der Waals surface area contributed by atoms with E-state index in [4.69, 9.17) is 15.0 Å². The van der Waals surface area contributed by atoms with Crippen LogP contribution in [0.15, 0.2) is 147 Å². The number of thiophene rings is 4. The predicted octanol–water partition coefficient (Wildman–Crippen LogP) is 15.5. The molecule has 0 amide bonds. The maximum absolute atomic E-state index is 5.57. The molecule has 0 aliphatic heterocycles. The zero-order valence-electron chi connectivity index (χ0n) is 32.2. The third kappa shape index (κ3) is 3.91. The molecule has 0 spiro atoms. The minimum absolute atomic E-state index is 0.920. The van der Waals surface area contributed by atoms with Crippen LogP contribution in [0.3, 0.4) is 0 Å². The van der Waals surface area contributed by atoms with Crippen molar-refractivity contribution in [1.29, 1.82) is 0 Å². The summed E-state index contributed by atoms with van der Waals surface area (Å²) in [5, 5.41) is 17.3. The highest BCUT2D eigenvalue weighted by atomic mass is 32.1. The molecule has 16 rings (SSSR count). The molecule has 6 nitrogen and oxygen atoms in total. The molecule has 6 aromatic carbocycles. The van der Waals surface area contributed by atoms with E-state index in [1.54, 1.807) is 0 Å². The van der Waals surface area contributed by atoms with Gasteiger partial charge >= 0.3 is 0 Å². The lowest BCUT2D eigenvalue weighted by Crippen LogP contribution is -1.92. The van der Waals surface area contributed by atoms with Gasteiger partial charge in [0.05, 0.1) is 30.8 Å². The molecule has 0 saturated heterocycles.